The highest BCUT2D eigenvalue weighted by Crippen LogP contribution is 2.36. The van der Waals surface area contributed by atoms with E-state index in [1.165, 1.54) is 48.0 Å². The maximum absolute atomic E-state index is 13.7. The number of nitro groups is 1. The number of rotatable bonds is 14. The molecule has 4 rings (SSSR count). The third-order valence-electron chi connectivity index (χ3n) is 6.57. The lowest BCUT2D eigenvalue weighted by atomic mass is 10.0. The second kappa shape index (κ2) is 15.7. The van der Waals surface area contributed by atoms with E-state index in [1.807, 2.05) is 11.0 Å². The smallest absolute Gasteiger partial charge is 0.357 e. The number of alkyl halides is 1. The summed E-state index contributed by atoms with van der Waals surface area (Å²) in [6.45, 7) is 1.41. The number of thioether (sulfide) groups is 1. The first-order valence-corrected chi connectivity index (χ1v) is 15.4. The van der Waals surface area contributed by atoms with Crippen LogP contribution in [0.4, 0.5) is 5.69 Å². The number of likely N-dealkylation sites (tertiary alicyclic amines) is 1. The van der Waals surface area contributed by atoms with E-state index in [0.717, 1.165) is 0 Å². The van der Waals surface area contributed by atoms with Gasteiger partial charge in [-0.2, -0.15) is 0 Å². The fraction of sp³-hybridized carbons (Fsp3) is 0.393. The van der Waals surface area contributed by atoms with Gasteiger partial charge in [-0.15, -0.1) is 11.8 Å². The number of β-lactam (4-membered cyclic amide) rings is 1. The summed E-state index contributed by atoms with van der Waals surface area (Å²) in [5.74, 6) is -1.04. The van der Waals surface area contributed by atoms with Gasteiger partial charge in [0.2, 0.25) is 0 Å². The van der Waals surface area contributed by atoms with E-state index in [9.17, 15) is 24.5 Å². The number of ether oxygens (including phenoxy) is 4. The van der Waals surface area contributed by atoms with Gasteiger partial charge in [0.05, 0.1) is 29.8 Å². The third kappa shape index (κ3) is 8.25. The average Bonchev–Trinajstić information content (AvgIpc) is 3.04. The molecule has 13 nitrogen and oxygen atoms in total. The first-order valence-electron chi connectivity index (χ1n) is 13.3. The van der Waals surface area contributed by atoms with Crippen molar-refractivity contribution in [1.29, 1.82) is 0 Å². The molecule has 0 aliphatic carbocycles. The Morgan fingerprint density at radius 1 is 1.14 bits per heavy atom. The molecular formula is C28H31BrN4O9S. The summed E-state index contributed by atoms with van der Waals surface area (Å²) >= 11 is 4.72. The molecule has 0 saturated carbocycles. The lowest BCUT2D eigenvalue weighted by Crippen LogP contribution is -2.70. The van der Waals surface area contributed by atoms with Gasteiger partial charge in [-0.1, -0.05) is 34.1 Å². The Morgan fingerprint density at radius 2 is 1.84 bits per heavy atom. The zero-order chi connectivity index (χ0) is 30.8. The van der Waals surface area contributed by atoms with Crippen LogP contribution in [-0.4, -0.2) is 95.2 Å². The summed E-state index contributed by atoms with van der Waals surface area (Å²) in [6.07, 6.45) is 0. The van der Waals surface area contributed by atoms with E-state index in [1.54, 1.807) is 24.3 Å². The molecule has 2 fully saturated rings. The zero-order valence-electron chi connectivity index (χ0n) is 23.3. The highest BCUT2D eigenvalue weighted by atomic mass is 79.9. The first kappa shape index (κ1) is 32.3. The molecule has 0 bridgehead atoms. The Hall–Kier alpha value is -3.66. The molecule has 230 valence electrons. The standard InChI is InChI=1S/C28H31BrN4O9S/c1-39-18-43-27-24(30-23(34)17-41-21-5-3-2-4-6-21)26(35)32(27)25(22(15-29)31-11-13-40-14-12-31)28(36)42-16-19-7-9-20(10-8-19)33(37)38/h2-10,24,27H,11-18H2,1H3,(H,30,34). The van der Waals surface area contributed by atoms with Crippen molar-refractivity contribution in [1.82, 2.24) is 15.1 Å². The maximum Gasteiger partial charge on any atom is 0.357 e. The van der Waals surface area contributed by atoms with Crippen molar-refractivity contribution in [3.05, 3.63) is 81.7 Å². The number of amides is 2. The molecule has 0 spiro atoms. The predicted octanol–water partition coefficient (Wildman–Crippen LogP) is 2.65. The number of non-ortho nitro benzene ring substituents is 1. The van der Waals surface area contributed by atoms with Crippen molar-refractivity contribution in [3.8, 4) is 5.75 Å². The van der Waals surface area contributed by atoms with Crippen LogP contribution < -0.4 is 10.1 Å². The van der Waals surface area contributed by atoms with Crippen LogP contribution in [0.1, 0.15) is 5.56 Å². The number of halogens is 1. The maximum atomic E-state index is 13.7. The number of nitrogens with one attached hydrogen (secondary N) is 1. The summed E-state index contributed by atoms with van der Waals surface area (Å²) in [6, 6.07) is 13.5. The Morgan fingerprint density at radius 3 is 2.47 bits per heavy atom. The van der Waals surface area contributed by atoms with E-state index in [4.69, 9.17) is 18.9 Å². The minimum absolute atomic E-state index is 0.0327. The molecule has 2 aliphatic heterocycles. The van der Waals surface area contributed by atoms with Crippen molar-refractivity contribution in [2.45, 2.75) is 18.0 Å². The second-order valence-corrected chi connectivity index (χ2v) is 11.0. The normalized spacial score (nSPS) is 18.8. The molecule has 0 aromatic heterocycles. The topological polar surface area (TPSA) is 150 Å². The van der Waals surface area contributed by atoms with Gasteiger partial charge < -0.3 is 29.2 Å². The van der Waals surface area contributed by atoms with E-state index >= 15 is 0 Å². The van der Waals surface area contributed by atoms with Crippen LogP contribution in [0.2, 0.25) is 0 Å². The molecule has 0 radical (unpaired) electrons. The number of benzene rings is 2. The molecule has 43 heavy (non-hydrogen) atoms. The number of hydrogen-bond acceptors (Lipinski definition) is 11. The predicted molar refractivity (Wildman–Crippen MR) is 160 cm³/mol. The Bertz CT molecular complexity index is 1320. The molecule has 2 aromatic carbocycles. The number of esters is 1. The van der Waals surface area contributed by atoms with Gasteiger partial charge in [0, 0.05) is 37.7 Å². The minimum Gasteiger partial charge on any atom is -0.484 e. The van der Waals surface area contributed by atoms with Crippen molar-refractivity contribution in [2.75, 3.05) is 51.3 Å². The van der Waals surface area contributed by atoms with Gasteiger partial charge in [-0.05, 0) is 29.8 Å². The fourth-order valence-corrected chi connectivity index (χ4v) is 6.07. The molecule has 2 saturated heterocycles. The van der Waals surface area contributed by atoms with Crippen molar-refractivity contribution in [3.63, 3.8) is 0 Å². The number of hydrogen-bond donors (Lipinski definition) is 1. The first-order chi connectivity index (χ1) is 20.8. The van der Waals surface area contributed by atoms with Crippen LogP contribution in [0.5, 0.6) is 5.75 Å². The number of carbonyl (C=O) groups is 3. The largest absolute Gasteiger partial charge is 0.484 e. The number of carbonyl (C=O) groups excluding carboxylic acids is 3. The monoisotopic (exact) mass is 678 g/mol. The summed E-state index contributed by atoms with van der Waals surface area (Å²) in [5.41, 5.74) is 1.01. The van der Waals surface area contributed by atoms with E-state index in [2.05, 4.69) is 21.2 Å². The third-order valence-corrected chi connectivity index (χ3v) is 8.30. The minimum atomic E-state index is -0.939. The van der Waals surface area contributed by atoms with Crippen LogP contribution in [-0.2, 0) is 35.2 Å². The van der Waals surface area contributed by atoms with Gasteiger partial charge in [0.1, 0.15) is 23.8 Å². The van der Waals surface area contributed by atoms with Gasteiger partial charge >= 0.3 is 5.97 Å². The highest BCUT2D eigenvalue weighted by molar-refractivity contribution is 9.09. The fourth-order valence-electron chi connectivity index (χ4n) is 4.44. The molecular weight excluding hydrogens is 648 g/mol. The van der Waals surface area contributed by atoms with Crippen molar-refractivity contribution in [2.24, 2.45) is 0 Å². The van der Waals surface area contributed by atoms with Gasteiger partial charge in [-0.3, -0.25) is 24.6 Å². The molecule has 1 N–H and O–H groups in total. The van der Waals surface area contributed by atoms with Gasteiger partial charge in [0.15, 0.2) is 12.3 Å². The summed E-state index contributed by atoms with van der Waals surface area (Å²) < 4.78 is 21.9. The van der Waals surface area contributed by atoms with Crippen LogP contribution in [0, 0.1) is 10.1 Å². The average molecular weight is 680 g/mol. The lowest BCUT2D eigenvalue weighted by molar-refractivity contribution is -0.384. The Labute approximate surface area is 260 Å². The number of nitrogens with zero attached hydrogens (tertiary/aromatic N) is 3. The summed E-state index contributed by atoms with van der Waals surface area (Å²) in [4.78, 5) is 53.8. The van der Waals surface area contributed by atoms with Gasteiger partial charge in [-0.25, -0.2) is 4.79 Å². The quantitative estimate of drug-likeness (QED) is 0.0598. The molecule has 2 aliphatic rings. The summed E-state index contributed by atoms with van der Waals surface area (Å²) in [7, 11) is 1.51. The Balaban J connectivity index is 1.56. The molecule has 2 unspecified atom stereocenters. The van der Waals surface area contributed by atoms with Crippen LogP contribution in [0.25, 0.3) is 0 Å². The summed E-state index contributed by atoms with van der Waals surface area (Å²) in [5, 5.41) is 13.3. The van der Waals surface area contributed by atoms with Crippen LogP contribution >= 0.6 is 27.7 Å². The molecule has 2 atom stereocenters. The molecule has 2 aromatic rings. The van der Waals surface area contributed by atoms with E-state index in [0.29, 0.717) is 43.3 Å². The number of para-hydroxylation sites is 1. The van der Waals surface area contributed by atoms with E-state index < -0.39 is 34.1 Å². The zero-order valence-corrected chi connectivity index (χ0v) is 25.7. The highest BCUT2D eigenvalue weighted by Gasteiger charge is 2.53. The van der Waals surface area contributed by atoms with Crippen molar-refractivity contribution < 1.29 is 38.3 Å². The van der Waals surface area contributed by atoms with Crippen molar-refractivity contribution >= 4 is 51.2 Å². The molecule has 15 heteroatoms. The number of methoxy groups -OCH3 is 1. The van der Waals surface area contributed by atoms with Gasteiger partial charge in [0.25, 0.3) is 17.5 Å². The van der Waals surface area contributed by atoms with Crippen LogP contribution in [0.3, 0.4) is 0 Å². The van der Waals surface area contributed by atoms with Crippen LogP contribution in [0.15, 0.2) is 66.0 Å². The Kier molecular flexibility index (Phi) is 11.8. The second-order valence-electron chi connectivity index (χ2n) is 9.35. The number of allylic oxidation sites excluding steroid dienone is 1. The lowest BCUT2D eigenvalue weighted by Gasteiger charge is -2.47. The number of nitro benzene ring substituents is 1. The number of morpholine rings is 1. The van der Waals surface area contributed by atoms with E-state index in [-0.39, 0.29) is 35.9 Å². The SMILES string of the molecule is COCSC1C(NC(=O)COc2ccccc2)C(=O)N1C(C(=O)OCc1ccc([N+](=O)[O-])cc1)=C(CBr)N1CCOCC1. The molecule has 2 heterocycles. The molecule has 2 amide bonds.